The molecule has 2 aromatic rings. The summed E-state index contributed by atoms with van der Waals surface area (Å²) in [4.78, 5) is 14.8. The second-order valence-corrected chi connectivity index (χ2v) is 3.67. The van der Waals surface area contributed by atoms with Crippen molar-refractivity contribution in [2.24, 2.45) is 4.99 Å². The van der Waals surface area contributed by atoms with E-state index in [1.807, 2.05) is 0 Å². The van der Waals surface area contributed by atoms with Crippen LogP contribution < -0.4 is 0 Å². The molecule has 0 heterocycles. The number of carboxylic acids is 1. The zero-order chi connectivity index (χ0) is 13.0. The average Bonchev–Trinajstić information content (AvgIpc) is 2.38. The Morgan fingerprint density at radius 1 is 1.06 bits per heavy atom. The highest BCUT2D eigenvalue weighted by atomic mass is 16.4. The Bertz CT molecular complexity index is 588. The van der Waals surface area contributed by atoms with Gasteiger partial charge in [-0.3, -0.25) is 4.99 Å². The van der Waals surface area contributed by atoms with E-state index in [4.69, 9.17) is 5.11 Å². The first-order chi connectivity index (χ1) is 8.66. The molecular formula is C14H11NO3. The largest absolute Gasteiger partial charge is 0.506 e. The maximum absolute atomic E-state index is 10.7. The van der Waals surface area contributed by atoms with Crippen molar-refractivity contribution in [2.45, 2.75) is 0 Å². The van der Waals surface area contributed by atoms with Crippen molar-refractivity contribution < 1.29 is 15.0 Å². The summed E-state index contributed by atoms with van der Waals surface area (Å²) in [6, 6.07) is 13.1. The minimum absolute atomic E-state index is 0.107. The number of nitrogens with zero attached hydrogens (tertiary/aromatic N) is 1. The maximum Gasteiger partial charge on any atom is 0.335 e. The summed E-state index contributed by atoms with van der Waals surface area (Å²) in [6.07, 6.45) is 1.57. The predicted octanol–water partition coefficient (Wildman–Crippen LogP) is 2.84. The van der Waals surface area contributed by atoms with Crippen molar-refractivity contribution in [3.63, 3.8) is 0 Å². The van der Waals surface area contributed by atoms with E-state index in [2.05, 4.69) is 4.99 Å². The molecule has 0 saturated carbocycles. The molecule has 2 rings (SSSR count). The van der Waals surface area contributed by atoms with Crippen molar-refractivity contribution in [3.8, 4) is 5.75 Å². The molecule has 0 spiro atoms. The molecule has 2 N–H and O–H groups in total. The number of phenolic OH excluding ortho intramolecular Hbond substituents is 1. The van der Waals surface area contributed by atoms with Crippen molar-refractivity contribution in [1.29, 1.82) is 0 Å². The average molecular weight is 241 g/mol. The minimum atomic E-state index is -0.959. The Morgan fingerprint density at radius 3 is 2.33 bits per heavy atom. The molecule has 18 heavy (non-hydrogen) atoms. The summed E-state index contributed by atoms with van der Waals surface area (Å²) in [5.41, 5.74) is 1.47. The Hall–Kier alpha value is -2.62. The first-order valence-electron chi connectivity index (χ1n) is 5.32. The summed E-state index contributed by atoms with van der Waals surface area (Å²) in [5.74, 6) is -0.852. The molecule has 0 radical (unpaired) electrons. The summed E-state index contributed by atoms with van der Waals surface area (Å²) in [5, 5.41) is 18.3. The van der Waals surface area contributed by atoms with Gasteiger partial charge in [0.2, 0.25) is 0 Å². The van der Waals surface area contributed by atoms with Gasteiger partial charge in [0.25, 0.3) is 0 Å². The summed E-state index contributed by atoms with van der Waals surface area (Å²) < 4.78 is 0. The van der Waals surface area contributed by atoms with Crippen molar-refractivity contribution >= 4 is 17.9 Å². The summed E-state index contributed by atoms with van der Waals surface area (Å²) >= 11 is 0. The van der Waals surface area contributed by atoms with E-state index in [0.717, 1.165) is 5.56 Å². The third-order valence-corrected chi connectivity index (χ3v) is 2.39. The predicted molar refractivity (Wildman–Crippen MR) is 68.8 cm³/mol. The number of phenols is 1. The molecule has 4 nitrogen and oxygen atoms in total. The molecule has 0 amide bonds. The number of rotatable bonds is 3. The van der Waals surface area contributed by atoms with Gasteiger partial charge in [-0.05, 0) is 29.8 Å². The first-order valence-corrected chi connectivity index (χ1v) is 5.32. The van der Waals surface area contributed by atoms with Crippen LogP contribution in [0.1, 0.15) is 15.9 Å². The number of hydrogen-bond acceptors (Lipinski definition) is 3. The minimum Gasteiger partial charge on any atom is -0.506 e. The fourth-order valence-corrected chi connectivity index (χ4v) is 1.43. The Balaban J connectivity index is 2.19. The molecule has 0 fully saturated rings. The van der Waals surface area contributed by atoms with Crippen LogP contribution in [0.2, 0.25) is 0 Å². The molecule has 0 aromatic heterocycles. The van der Waals surface area contributed by atoms with Crippen molar-refractivity contribution in [3.05, 3.63) is 59.7 Å². The zero-order valence-corrected chi connectivity index (χ0v) is 9.45. The van der Waals surface area contributed by atoms with E-state index in [1.165, 1.54) is 12.1 Å². The van der Waals surface area contributed by atoms with Gasteiger partial charge in [0, 0.05) is 6.21 Å². The van der Waals surface area contributed by atoms with Gasteiger partial charge in [0.1, 0.15) is 11.4 Å². The van der Waals surface area contributed by atoms with E-state index in [0.29, 0.717) is 5.69 Å². The number of aromatic hydroxyl groups is 1. The highest BCUT2D eigenvalue weighted by Crippen LogP contribution is 2.24. The molecule has 0 aliphatic heterocycles. The lowest BCUT2D eigenvalue weighted by Gasteiger charge is -1.98. The van der Waals surface area contributed by atoms with Gasteiger partial charge in [-0.2, -0.15) is 0 Å². The fraction of sp³-hybridized carbons (Fsp3) is 0. The van der Waals surface area contributed by atoms with Crippen LogP contribution in [-0.4, -0.2) is 22.4 Å². The molecule has 2 aromatic carbocycles. The Kier molecular flexibility index (Phi) is 3.38. The topological polar surface area (TPSA) is 69.9 Å². The van der Waals surface area contributed by atoms with Gasteiger partial charge in [-0.1, -0.05) is 24.3 Å². The summed E-state index contributed by atoms with van der Waals surface area (Å²) in [7, 11) is 0. The van der Waals surface area contributed by atoms with Gasteiger partial charge >= 0.3 is 5.97 Å². The summed E-state index contributed by atoms with van der Waals surface area (Å²) in [6.45, 7) is 0. The lowest BCUT2D eigenvalue weighted by atomic mass is 10.1. The third-order valence-electron chi connectivity index (χ3n) is 2.39. The van der Waals surface area contributed by atoms with Crippen LogP contribution in [0.3, 0.4) is 0 Å². The zero-order valence-electron chi connectivity index (χ0n) is 9.45. The molecule has 0 saturated heterocycles. The molecule has 0 aliphatic carbocycles. The van der Waals surface area contributed by atoms with Crippen LogP contribution in [0.4, 0.5) is 5.69 Å². The number of hydrogen-bond donors (Lipinski definition) is 2. The molecule has 0 bridgehead atoms. The van der Waals surface area contributed by atoms with Gasteiger partial charge < -0.3 is 10.2 Å². The highest BCUT2D eigenvalue weighted by Gasteiger charge is 2.00. The van der Waals surface area contributed by atoms with Crippen molar-refractivity contribution in [1.82, 2.24) is 0 Å². The molecule has 0 unspecified atom stereocenters. The highest BCUT2D eigenvalue weighted by molar-refractivity contribution is 5.89. The SMILES string of the molecule is O=C(O)c1ccc(C=Nc2ccccc2O)cc1. The molecule has 0 aliphatic rings. The van der Waals surface area contributed by atoms with Crippen LogP contribution in [0, 0.1) is 0 Å². The smallest absolute Gasteiger partial charge is 0.335 e. The standard InChI is InChI=1S/C14H11NO3/c16-13-4-2-1-3-12(13)15-9-10-5-7-11(8-6-10)14(17)18/h1-9,16H,(H,17,18). The normalized spacial score (nSPS) is 10.7. The number of para-hydroxylation sites is 2. The van der Waals surface area contributed by atoms with E-state index in [1.54, 1.807) is 42.6 Å². The maximum atomic E-state index is 10.7. The number of carboxylic acid groups (broad SMARTS) is 1. The van der Waals surface area contributed by atoms with E-state index < -0.39 is 5.97 Å². The molecule has 4 heteroatoms. The third kappa shape index (κ3) is 2.74. The second-order valence-electron chi connectivity index (χ2n) is 3.67. The van der Waals surface area contributed by atoms with Crippen LogP contribution in [0.15, 0.2) is 53.5 Å². The Labute approximate surface area is 104 Å². The van der Waals surface area contributed by atoms with E-state index in [9.17, 15) is 9.90 Å². The number of carbonyl (C=O) groups is 1. The fourth-order valence-electron chi connectivity index (χ4n) is 1.43. The lowest BCUT2D eigenvalue weighted by molar-refractivity contribution is 0.0697. The van der Waals surface area contributed by atoms with Crippen LogP contribution in [-0.2, 0) is 0 Å². The molecular weight excluding hydrogens is 230 g/mol. The second kappa shape index (κ2) is 5.14. The van der Waals surface area contributed by atoms with Gasteiger partial charge in [-0.25, -0.2) is 4.79 Å². The Morgan fingerprint density at radius 2 is 1.72 bits per heavy atom. The van der Waals surface area contributed by atoms with Gasteiger partial charge in [0.05, 0.1) is 5.56 Å². The molecule has 90 valence electrons. The van der Waals surface area contributed by atoms with Gasteiger partial charge in [0.15, 0.2) is 0 Å². The number of aliphatic imine (C=N–C) groups is 1. The van der Waals surface area contributed by atoms with E-state index in [-0.39, 0.29) is 11.3 Å². The molecule has 0 atom stereocenters. The van der Waals surface area contributed by atoms with Crippen LogP contribution in [0.25, 0.3) is 0 Å². The number of benzene rings is 2. The lowest BCUT2D eigenvalue weighted by Crippen LogP contribution is -1.95. The first kappa shape index (κ1) is 11.9. The monoisotopic (exact) mass is 241 g/mol. The van der Waals surface area contributed by atoms with Crippen LogP contribution >= 0.6 is 0 Å². The quantitative estimate of drug-likeness (QED) is 0.812. The van der Waals surface area contributed by atoms with E-state index >= 15 is 0 Å². The number of aromatic carboxylic acids is 1. The van der Waals surface area contributed by atoms with Crippen LogP contribution in [0.5, 0.6) is 5.75 Å². The van der Waals surface area contributed by atoms with Gasteiger partial charge in [-0.15, -0.1) is 0 Å². The van der Waals surface area contributed by atoms with Crippen molar-refractivity contribution in [2.75, 3.05) is 0 Å².